The van der Waals surface area contributed by atoms with Crippen LogP contribution >= 0.6 is 0 Å². The number of hydrogen-bond donors (Lipinski definition) is 3. The molecule has 0 aliphatic carbocycles. The van der Waals surface area contributed by atoms with E-state index in [1.165, 1.54) is 7.05 Å². The monoisotopic (exact) mass is 242 g/mol. The van der Waals surface area contributed by atoms with Gasteiger partial charge >= 0.3 is 0 Å². The van der Waals surface area contributed by atoms with Crippen molar-refractivity contribution in [3.63, 3.8) is 0 Å². The molecule has 0 aliphatic rings. The Hall–Kier alpha value is -2.88. The summed E-state index contributed by atoms with van der Waals surface area (Å²) in [7, 11) is 1.44. The van der Waals surface area contributed by atoms with Crippen molar-refractivity contribution >= 4 is 28.3 Å². The number of fused-ring (bicyclic) bond motifs is 1. The van der Waals surface area contributed by atoms with E-state index in [-0.39, 0.29) is 5.71 Å². The van der Waals surface area contributed by atoms with Crippen molar-refractivity contribution in [2.45, 2.75) is 0 Å². The molecular weight excluding hydrogens is 232 g/mol. The minimum Gasteiger partial charge on any atom is -0.353 e. The molecule has 2 rings (SSSR count). The average Bonchev–Trinajstić information content (AvgIpc) is 2.86. The van der Waals surface area contributed by atoms with Crippen molar-refractivity contribution in [2.75, 3.05) is 12.5 Å². The average molecular weight is 242 g/mol. The number of carbonyl (C=O) groups excluding carboxylic acids is 1. The zero-order valence-electron chi connectivity index (χ0n) is 9.56. The second-order valence-corrected chi connectivity index (χ2v) is 3.40. The second-order valence-electron chi connectivity index (χ2n) is 3.40. The van der Waals surface area contributed by atoms with Crippen LogP contribution in [0.4, 0.5) is 5.69 Å². The van der Waals surface area contributed by atoms with Crippen LogP contribution < -0.4 is 10.7 Å². The van der Waals surface area contributed by atoms with Crippen LogP contribution in [0.2, 0.25) is 0 Å². The summed E-state index contributed by atoms with van der Waals surface area (Å²) in [6, 6.07) is 7.05. The minimum atomic E-state index is -0.535. The van der Waals surface area contributed by atoms with Crippen molar-refractivity contribution in [1.82, 2.24) is 15.3 Å². The number of anilines is 1. The van der Waals surface area contributed by atoms with E-state index in [4.69, 9.17) is 5.26 Å². The van der Waals surface area contributed by atoms with Gasteiger partial charge in [0, 0.05) is 7.05 Å². The van der Waals surface area contributed by atoms with E-state index in [0.29, 0.717) is 5.69 Å². The summed E-state index contributed by atoms with van der Waals surface area (Å²) in [6.45, 7) is 0. The number of carbonyl (C=O) groups is 1. The number of aromatic nitrogens is 2. The van der Waals surface area contributed by atoms with Crippen LogP contribution in [-0.2, 0) is 4.79 Å². The van der Waals surface area contributed by atoms with Gasteiger partial charge < -0.3 is 10.3 Å². The van der Waals surface area contributed by atoms with Gasteiger partial charge in [0.15, 0.2) is 0 Å². The van der Waals surface area contributed by atoms with E-state index in [1.807, 2.05) is 0 Å². The molecule has 0 radical (unpaired) electrons. The van der Waals surface area contributed by atoms with Gasteiger partial charge in [0.1, 0.15) is 6.07 Å². The highest BCUT2D eigenvalue weighted by atomic mass is 16.1. The van der Waals surface area contributed by atoms with Crippen LogP contribution in [0, 0.1) is 11.3 Å². The number of hydrazone groups is 1. The van der Waals surface area contributed by atoms with Crippen LogP contribution in [0.5, 0.6) is 0 Å². The van der Waals surface area contributed by atoms with Crippen LogP contribution in [0.3, 0.4) is 0 Å². The lowest BCUT2D eigenvalue weighted by atomic mass is 10.3. The molecule has 1 amide bonds. The fraction of sp³-hybridized carbons (Fsp3) is 0.0909. The standard InChI is InChI=1S/C11H10N6O/c1-13-11(18)10(5-12)17-16-7-2-3-8-9(4-7)15-6-14-8/h2-4,6,16H,1H3,(H,13,18)(H,14,15). The number of nitrogens with zero attached hydrogens (tertiary/aromatic N) is 3. The second kappa shape index (κ2) is 4.97. The zero-order valence-corrected chi connectivity index (χ0v) is 9.56. The van der Waals surface area contributed by atoms with Gasteiger partial charge in [-0.15, -0.1) is 0 Å². The molecule has 0 atom stereocenters. The first-order chi connectivity index (χ1) is 8.74. The molecule has 0 unspecified atom stereocenters. The van der Waals surface area contributed by atoms with Crippen molar-refractivity contribution in [1.29, 1.82) is 5.26 Å². The van der Waals surface area contributed by atoms with Gasteiger partial charge in [-0.25, -0.2) is 4.98 Å². The highest BCUT2D eigenvalue weighted by molar-refractivity contribution is 6.45. The van der Waals surface area contributed by atoms with E-state index in [1.54, 1.807) is 30.6 Å². The number of H-pyrrole nitrogens is 1. The van der Waals surface area contributed by atoms with Crippen molar-refractivity contribution in [2.24, 2.45) is 5.10 Å². The normalized spacial score (nSPS) is 11.0. The Morgan fingerprint density at radius 1 is 1.56 bits per heavy atom. The minimum absolute atomic E-state index is 0.234. The summed E-state index contributed by atoms with van der Waals surface area (Å²) in [4.78, 5) is 18.2. The largest absolute Gasteiger partial charge is 0.353 e. The fourth-order valence-corrected chi connectivity index (χ4v) is 1.37. The Morgan fingerprint density at radius 3 is 3.11 bits per heavy atom. The molecule has 3 N–H and O–H groups in total. The van der Waals surface area contributed by atoms with Gasteiger partial charge in [-0.1, -0.05) is 0 Å². The molecule has 0 fully saturated rings. The third-order valence-corrected chi connectivity index (χ3v) is 2.27. The Bertz CT molecular complexity index is 651. The molecule has 7 nitrogen and oxygen atoms in total. The molecule has 1 heterocycles. The van der Waals surface area contributed by atoms with Crippen LogP contribution in [0.15, 0.2) is 29.6 Å². The predicted molar refractivity (Wildman–Crippen MR) is 66.8 cm³/mol. The zero-order chi connectivity index (χ0) is 13.0. The molecule has 90 valence electrons. The summed E-state index contributed by atoms with van der Waals surface area (Å²) in [6.07, 6.45) is 1.59. The number of nitriles is 1. The summed E-state index contributed by atoms with van der Waals surface area (Å²) >= 11 is 0. The number of amides is 1. The SMILES string of the molecule is CNC(=O)C(C#N)=NNc1ccc2nc[nH]c2c1. The van der Waals surface area contributed by atoms with Gasteiger partial charge in [0.05, 0.1) is 23.0 Å². The number of benzene rings is 1. The molecule has 1 aromatic carbocycles. The van der Waals surface area contributed by atoms with Crippen molar-refractivity contribution in [3.8, 4) is 6.07 Å². The molecule has 0 saturated carbocycles. The molecule has 7 heteroatoms. The van der Waals surface area contributed by atoms with Crippen LogP contribution in [-0.4, -0.2) is 28.6 Å². The van der Waals surface area contributed by atoms with Crippen LogP contribution in [0.25, 0.3) is 11.0 Å². The molecule has 2 aromatic rings. The number of nitrogens with one attached hydrogen (secondary N) is 3. The van der Waals surface area contributed by atoms with Gasteiger partial charge in [0.2, 0.25) is 5.71 Å². The Kier molecular flexibility index (Phi) is 3.20. The van der Waals surface area contributed by atoms with Gasteiger partial charge in [-0.05, 0) is 18.2 Å². The Balaban J connectivity index is 2.20. The van der Waals surface area contributed by atoms with E-state index in [2.05, 4.69) is 25.8 Å². The first-order valence-electron chi connectivity index (χ1n) is 5.13. The maximum absolute atomic E-state index is 11.2. The third kappa shape index (κ3) is 2.27. The van der Waals surface area contributed by atoms with E-state index < -0.39 is 5.91 Å². The lowest BCUT2D eigenvalue weighted by molar-refractivity contribution is -0.114. The predicted octanol–water partition coefficient (Wildman–Crippen LogP) is 0.600. The van der Waals surface area contributed by atoms with Crippen LogP contribution in [0.1, 0.15) is 0 Å². The summed E-state index contributed by atoms with van der Waals surface area (Å²) in [5, 5.41) is 14.8. The number of rotatable bonds is 3. The lowest BCUT2D eigenvalue weighted by Crippen LogP contribution is -2.27. The molecule has 0 aliphatic heterocycles. The number of imidazole rings is 1. The molecule has 0 saturated heterocycles. The highest BCUT2D eigenvalue weighted by Gasteiger charge is 2.07. The first-order valence-corrected chi connectivity index (χ1v) is 5.13. The summed E-state index contributed by atoms with van der Waals surface area (Å²) in [5.74, 6) is -0.535. The molecule has 0 spiro atoms. The smallest absolute Gasteiger partial charge is 0.282 e. The highest BCUT2D eigenvalue weighted by Crippen LogP contribution is 2.15. The third-order valence-electron chi connectivity index (χ3n) is 2.27. The first kappa shape index (κ1) is 11.6. The topological polar surface area (TPSA) is 106 Å². The quantitative estimate of drug-likeness (QED) is 0.541. The Morgan fingerprint density at radius 2 is 2.39 bits per heavy atom. The van der Waals surface area contributed by atoms with Gasteiger partial charge in [0.25, 0.3) is 5.91 Å². The molecule has 0 bridgehead atoms. The van der Waals surface area contributed by atoms with Crippen molar-refractivity contribution in [3.05, 3.63) is 24.5 Å². The van der Waals surface area contributed by atoms with E-state index in [9.17, 15) is 4.79 Å². The molecule has 1 aromatic heterocycles. The fourth-order valence-electron chi connectivity index (χ4n) is 1.37. The number of aromatic amines is 1. The molecule has 18 heavy (non-hydrogen) atoms. The van der Waals surface area contributed by atoms with Gasteiger partial charge in [-0.2, -0.15) is 10.4 Å². The van der Waals surface area contributed by atoms with Gasteiger partial charge in [-0.3, -0.25) is 10.2 Å². The number of hydrogen-bond acceptors (Lipinski definition) is 5. The summed E-state index contributed by atoms with van der Waals surface area (Å²) < 4.78 is 0. The maximum atomic E-state index is 11.2. The Labute approximate surface area is 103 Å². The lowest BCUT2D eigenvalue weighted by Gasteiger charge is -2.01. The van der Waals surface area contributed by atoms with E-state index >= 15 is 0 Å². The molecular formula is C11H10N6O. The van der Waals surface area contributed by atoms with Crippen molar-refractivity contribution < 1.29 is 4.79 Å². The summed E-state index contributed by atoms with van der Waals surface area (Å²) in [5.41, 5.74) is 4.74. The maximum Gasteiger partial charge on any atom is 0.282 e. The van der Waals surface area contributed by atoms with E-state index in [0.717, 1.165) is 11.0 Å².